The molecule has 0 saturated carbocycles. The number of nitrogens with zero attached hydrogens (tertiary/aromatic N) is 1. The number of halogens is 3. The van der Waals surface area contributed by atoms with Crippen molar-refractivity contribution in [3.05, 3.63) is 38.9 Å². The van der Waals surface area contributed by atoms with Crippen LogP contribution in [0.3, 0.4) is 0 Å². The lowest BCUT2D eigenvalue weighted by atomic mass is 10.2. The number of alkyl halides is 2. The topological polar surface area (TPSA) is 55.2 Å². The summed E-state index contributed by atoms with van der Waals surface area (Å²) in [6, 6.07) is 4.20. The van der Waals surface area contributed by atoms with Gasteiger partial charge >= 0.3 is 0 Å². The van der Waals surface area contributed by atoms with Crippen molar-refractivity contribution in [2.45, 2.75) is 13.0 Å². The molecule has 0 radical (unpaired) electrons. The summed E-state index contributed by atoms with van der Waals surface area (Å²) in [6.45, 7) is -0.581. The minimum Gasteiger partial charge on any atom is -0.307 e. The summed E-state index contributed by atoms with van der Waals surface area (Å²) < 4.78 is 23.7. The van der Waals surface area contributed by atoms with Gasteiger partial charge in [0.2, 0.25) is 0 Å². The second kappa shape index (κ2) is 5.72. The van der Waals surface area contributed by atoms with E-state index in [0.717, 1.165) is 0 Å². The Balaban J connectivity index is 2.80. The van der Waals surface area contributed by atoms with Crippen molar-refractivity contribution in [2.24, 2.45) is 0 Å². The lowest BCUT2D eigenvalue weighted by Gasteiger charge is -2.06. The van der Waals surface area contributed by atoms with Gasteiger partial charge in [-0.05, 0) is 6.07 Å². The van der Waals surface area contributed by atoms with Crippen LogP contribution in [0.25, 0.3) is 0 Å². The average Bonchev–Trinajstić information content (AvgIpc) is 2.19. The van der Waals surface area contributed by atoms with E-state index in [1.54, 1.807) is 0 Å². The van der Waals surface area contributed by atoms with Gasteiger partial charge in [0, 0.05) is 12.6 Å². The molecule has 0 aliphatic rings. The fraction of sp³-hybridized carbons (Fsp3) is 0.333. The summed E-state index contributed by atoms with van der Waals surface area (Å²) in [7, 11) is 0. The van der Waals surface area contributed by atoms with Crippen LogP contribution in [0.2, 0.25) is 5.02 Å². The van der Waals surface area contributed by atoms with Crippen molar-refractivity contribution in [1.29, 1.82) is 0 Å². The van der Waals surface area contributed by atoms with Gasteiger partial charge in [-0.1, -0.05) is 17.7 Å². The molecule has 0 heterocycles. The molecule has 0 atom stereocenters. The fourth-order valence-electron chi connectivity index (χ4n) is 1.20. The molecule has 0 fully saturated rings. The largest absolute Gasteiger partial charge is 0.307 e. The Kier molecular flexibility index (Phi) is 4.57. The molecule has 7 heteroatoms. The Morgan fingerprint density at radius 2 is 2.19 bits per heavy atom. The number of hydrogen-bond acceptors (Lipinski definition) is 3. The number of hydrogen-bond donors (Lipinski definition) is 1. The van der Waals surface area contributed by atoms with E-state index in [-0.39, 0.29) is 22.8 Å². The van der Waals surface area contributed by atoms with Crippen molar-refractivity contribution in [3.63, 3.8) is 0 Å². The molecule has 0 aliphatic heterocycles. The normalized spacial score (nSPS) is 10.8. The van der Waals surface area contributed by atoms with Crippen molar-refractivity contribution < 1.29 is 13.7 Å². The van der Waals surface area contributed by atoms with Crippen molar-refractivity contribution >= 4 is 17.3 Å². The monoisotopic (exact) mass is 250 g/mol. The summed E-state index contributed by atoms with van der Waals surface area (Å²) in [5, 5.41) is 13.2. The van der Waals surface area contributed by atoms with Gasteiger partial charge in [-0.3, -0.25) is 10.1 Å². The maximum Gasteiger partial charge on any atom is 0.275 e. The van der Waals surface area contributed by atoms with E-state index in [9.17, 15) is 18.9 Å². The SMILES string of the molecule is O=[N+]([O-])c1cccc(Cl)c1CNCC(F)F. The summed E-state index contributed by atoms with van der Waals surface area (Å²) in [5.41, 5.74) is 0.0454. The van der Waals surface area contributed by atoms with E-state index in [4.69, 9.17) is 11.6 Å². The highest BCUT2D eigenvalue weighted by Gasteiger charge is 2.16. The van der Waals surface area contributed by atoms with Gasteiger partial charge in [0.1, 0.15) is 0 Å². The zero-order chi connectivity index (χ0) is 12.1. The molecule has 16 heavy (non-hydrogen) atoms. The first kappa shape index (κ1) is 12.8. The molecule has 0 amide bonds. The van der Waals surface area contributed by atoms with E-state index >= 15 is 0 Å². The third-order valence-corrected chi connectivity index (χ3v) is 2.25. The predicted octanol–water partition coefficient (Wildman–Crippen LogP) is 2.60. The predicted molar refractivity (Wildman–Crippen MR) is 55.8 cm³/mol. The van der Waals surface area contributed by atoms with Gasteiger partial charge < -0.3 is 5.32 Å². The lowest BCUT2D eigenvalue weighted by Crippen LogP contribution is -2.21. The number of benzene rings is 1. The summed E-state index contributed by atoms with van der Waals surface area (Å²) in [4.78, 5) is 10.0. The van der Waals surface area contributed by atoms with Crippen LogP contribution in [0.4, 0.5) is 14.5 Å². The van der Waals surface area contributed by atoms with Crippen LogP contribution in [0.1, 0.15) is 5.56 Å². The first-order valence-corrected chi connectivity index (χ1v) is 4.81. The minimum atomic E-state index is -2.50. The number of nitro groups is 1. The zero-order valence-corrected chi connectivity index (χ0v) is 8.88. The van der Waals surface area contributed by atoms with Crippen molar-refractivity contribution in [1.82, 2.24) is 5.32 Å². The highest BCUT2D eigenvalue weighted by atomic mass is 35.5. The van der Waals surface area contributed by atoms with Gasteiger partial charge in [-0.25, -0.2) is 8.78 Å². The van der Waals surface area contributed by atoms with Gasteiger partial charge in [0.15, 0.2) is 0 Å². The van der Waals surface area contributed by atoms with E-state index < -0.39 is 17.9 Å². The Hall–Kier alpha value is -1.27. The Morgan fingerprint density at radius 1 is 1.50 bits per heavy atom. The standard InChI is InChI=1S/C9H9ClF2N2O2/c10-7-2-1-3-8(14(15)16)6(7)4-13-5-9(11)12/h1-3,9,13H,4-5H2. The van der Waals surface area contributed by atoms with Crippen LogP contribution < -0.4 is 5.32 Å². The molecule has 1 rings (SSSR count). The molecule has 0 aliphatic carbocycles. The van der Waals surface area contributed by atoms with E-state index in [0.29, 0.717) is 0 Å². The zero-order valence-electron chi connectivity index (χ0n) is 8.12. The van der Waals surface area contributed by atoms with Crippen molar-refractivity contribution in [3.8, 4) is 0 Å². The van der Waals surface area contributed by atoms with Gasteiger partial charge in [0.25, 0.3) is 12.1 Å². The number of nitro benzene ring substituents is 1. The molecule has 1 N–H and O–H groups in total. The van der Waals surface area contributed by atoms with Crippen LogP contribution in [-0.2, 0) is 6.54 Å². The van der Waals surface area contributed by atoms with Gasteiger partial charge in [0.05, 0.1) is 22.1 Å². The van der Waals surface area contributed by atoms with Crippen LogP contribution >= 0.6 is 11.6 Å². The van der Waals surface area contributed by atoms with E-state index in [1.807, 2.05) is 0 Å². The molecule has 1 aromatic rings. The molecule has 1 aromatic carbocycles. The van der Waals surface area contributed by atoms with Crippen molar-refractivity contribution in [2.75, 3.05) is 6.54 Å². The summed E-state index contributed by atoms with van der Waals surface area (Å²) >= 11 is 5.76. The van der Waals surface area contributed by atoms with E-state index in [2.05, 4.69) is 5.32 Å². The second-order valence-electron chi connectivity index (χ2n) is 3.02. The molecule has 0 unspecified atom stereocenters. The average molecular weight is 251 g/mol. The maximum atomic E-state index is 11.9. The van der Waals surface area contributed by atoms with Crippen LogP contribution in [0.5, 0.6) is 0 Å². The first-order chi connectivity index (χ1) is 7.52. The molecule has 0 spiro atoms. The molecule has 0 aromatic heterocycles. The quantitative estimate of drug-likeness (QED) is 0.646. The highest BCUT2D eigenvalue weighted by molar-refractivity contribution is 6.31. The van der Waals surface area contributed by atoms with Gasteiger partial charge in [-0.15, -0.1) is 0 Å². The Bertz CT molecular complexity index is 388. The first-order valence-electron chi connectivity index (χ1n) is 4.43. The van der Waals surface area contributed by atoms with E-state index in [1.165, 1.54) is 18.2 Å². The maximum absolute atomic E-state index is 11.9. The summed E-state index contributed by atoms with van der Waals surface area (Å²) in [6.07, 6.45) is -2.50. The Labute approximate surface area is 95.4 Å². The Morgan fingerprint density at radius 3 is 2.75 bits per heavy atom. The molecule has 88 valence electrons. The minimum absolute atomic E-state index is 0.0552. The highest BCUT2D eigenvalue weighted by Crippen LogP contribution is 2.25. The van der Waals surface area contributed by atoms with Crippen LogP contribution in [-0.4, -0.2) is 17.9 Å². The molecular formula is C9H9ClF2N2O2. The molecular weight excluding hydrogens is 242 g/mol. The molecule has 4 nitrogen and oxygen atoms in total. The fourth-order valence-corrected chi connectivity index (χ4v) is 1.44. The molecule has 0 bridgehead atoms. The number of nitrogens with one attached hydrogen (secondary N) is 1. The third kappa shape index (κ3) is 3.39. The van der Waals surface area contributed by atoms with Gasteiger partial charge in [-0.2, -0.15) is 0 Å². The second-order valence-corrected chi connectivity index (χ2v) is 3.42. The summed E-state index contributed by atoms with van der Waals surface area (Å²) in [5.74, 6) is 0. The lowest BCUT2D eigenvalue weighted by molar-refractivity contribution is -0.385. The number of rotatable bonds is 5. The smallest absolute Gasteiger partial charge is 0.275 e. The van der Waals surface area contributed by atoms with Crippen LogP contribution in [0, 0.1) is 10.1 Å². The third-order valence-electron chi connectivity index (χ3n) is 1.89. The van der Waals surface area contributed by atoms with Crippen LogP contribution in [0.15, 0.2) is 18.2 Å². The molecule has 0 saturated heterocycles.